The fraction of sp³-hybridized carbons (Fsp3) is 0.200. The van der Waals surface area contributed by atoms with Gasteiger partial charge >= 0.3 is 0 Å². The highest BCUT2D eigenvalue weighted by molar-refractivity contribution is 5.54. The summed E-state index contributed by atoms with van der Waals surface area (Å²) in [5.74, 6) is 1.28. The molecule has 0 saturated carbocycles. The van der Waals surface area contributed by atoms with Gasteiger partial charge in [-0.2, -0.15) is 0 Å². The predicted octanol–water partition coefficient (Wildman–Crippen LogP) is 3.47. The predicted molar refractivity (Wildman–Crippen MR) is 71.0 cm³/mol. The van der Waals surface area contributed by atoms with Crippen LogP contribution in [0, 0.1) is 12.7 Å². The molecule has 0 aliphatic carbocycles. The van der Waals surface area contributed by atoms with E-state index in [1.54, 1.807) is 6.07 Å². The molecule has 0 atom stereocenters. The summed E-state index contributed by atoms with van der Waals surface area (Å²) in [5.41, 5.74) is 2.79. The first-order chi connectivity index (χ1) is 9.24. The van der Waals surface area contributed by atoms with Gasteiger partial charge in [0, 0.05) is 17.8 Å². The molecule has 0 unspecified atom stereocenters. The monoisotopic (exact) mass is 259 g/mol. The first kappa shape index (κ1) is 11.8. The van der Waals surface area contributed by atoms with Crippen molar-refractivity contribution in [2.75, 3.05) is 12.1 Å². The molecule has 0 radical (unpaired) electrons. The smallest absolute Gasteiger partial charge is 0.231 e. The second kappa shape index (κ2) is 4.80. The minimum absolute atomic E-state index is 0.244. The van der Waals surface area contributed by atoms with E-state index in [0.29, 0.717) is 6.54 Å². The van der Waals surface area contributed by atoms with Crippen LogP contribution in [0.25, 0.3) is 0 Å². The molecule has 0 fully saturated rings. The Kier molecular flexibility index (Phi) is 2.99. The molecule has 2 aromatic carbocycles. The van der Waals surface area contributed by atoms with Gasteiger partial charge in [0.25, 0.3) is 0 Å². The molecule has 1 aliphatic heterocycles. The summed E-state index contributed by atoms with van der Waals surface area (Å²) in [6.07, 6.45) is 0. The number of hydrogen-bond acceptors (Lipinski definition) is 3. The second-order valence-electron chi connectivity index (χ2n) is 4.46. The van der Waals surface area contributed by atoms with Gasteiger partial charge in [-0.25, -0.2) is 4.39 Å². The van der Waals surface area contributed by atoms with Crippen LogP contribution in [0.5, 0.6) is 11.5 Å². The SMILES string of the molecule is Cc1ccc(F)cc1NCc1cccc2c1OCO2. The first-order valence-corrected chi connectivity index (χ1v) is 6.11. The maximum Gasteiger partial charge on any atom is 0.231 e. The van der Waals surface area contributed by atoms with Crippen molar-refractivity contribution in [2.45, 2.75) is 13.5 Å². The van der Waals surface area contributed by atoms with Crippen molar-refractivity contribution in [2.24, 2.45) is 0 Å². The largest absolute Gasteiger partial charge is 0.454 e. The van der Waals surface area contributed by atoms with Crippen molar-refractivity contribution in [3.8, 4) is 11.5 Å². The van der Waals surface area contributed by atoms with E-state index in [4.69, 9.17) is 9.47 Å². The van der Waals surface area contributed by atoms with Gasteiger partial charge in [0.1, 0.15) is 5.82 Å². The van der Waals surface area contributed by atoms with Crippen LogP contribution in [0.3, 0.4) is 0 Å². The molecule has 0 saturated heterocycles. The van der Waals surface area contributed by atoms with Crippen LogP contribution in [-0.2, 0) is 6.54 Å². The molecule has 0 bridgehead atoms. The van der Waals surface area contributed by atoms with Gasteiger partial charge in [-0.3, -0.25) is 0 Å². The van der Waals surface area contributed by atoms with Crippen LogP contribution in [-0.4, -0.2) is 6.79 Å². The quantitative estimate of drug-likeness (QED) is 0.915. The summed E-state index contributed by atoms with van der Waals surface area (Å²) in [6.45, 7) is 2.76. The second-order valence-corrected chi connectivity index (χ2v) is 4.46. The molecule has 1 N–H and O–H groups in total. The van der Waals surface area contributed by atoms with Crippen molar-refractivity contribution in [3.63, 3.8) is 0 Å². The number of hydrogen-bond donors (Lipinski definition) is 1. The summed E-state index contributed by atoms with van der Waals surface area (Å²) in [5, 5.41) is 3.22. The van der Waals surface area contributed by atoms with E-state index in [0.717, 1.165) is 28.3 Å². The molecule has 3 rings (SSSR count). The molecule has 2 aromatic rings. The molecule has 4 heteroatoms. The number of anilines is 1. The average Bonchev–Trinajstić information content (AvgIpc) is 2.88. The maximum atomic E-state index is 13.2. The molecule has 0 spiro atoms. The van der Waals surface area contributed by atoms with Crippen molar-refractivity contribution in [3.05, 3.63) is 53.3 Å². The molecule has 3 nitrogen and oxygen atoms in total. The van der Waals surface area contributed by atoms with Crippen molar-refractivity contribution in [1.82, 2.24) is 0 Å². The zero-order chi connectivity index (χ0) is 13.2. The first-order valence-electron chi connectivity index (χ1n) is 6.11. The Balaban J connectivity index is 1.80. The van der Waals surface area contributed by atoms with Crippen molar-refractivity contribution >= 4 is 5.69 Å². The molecule has 0 amide bonds. The van der Waals surface area contributed by atoms with Gasteiger partial charge in [-0.1, -0.05) is 18.2 Å². The third kappa shape index (κ3) is 2.34. The average molecular weight is 259 g/mol. The Morgan fingerprint density at radius 1 is 1.21 bits per heavy atom. The highest BCUT2D eigenvalue weighted by Gasteiger charge is 2.16. The zero-order valence-corrected chi connectivity index (χ0v) is 10.6. The van der Waals surface area contributed by atoms with E-state index in [9.17, 15) is 4.39 Å². The van der Waals surface area contributed by atoms with E-state index in [-0.39, 0.29) is 12.6 Å². The highest BCUT2D eigenvalue weighted by atomic mass is 19.1. The van der Waals surface area contributed by atoms with Crippen LogP contribution in [0.1, 0.15) is 11.1 Å². The summed E-state index contributed by atoms with van der Waals surface area (Å²) in [6, 6.07) is 10.5. The lowest BCUT2D eigenvalue weighted by atomic mass is 10.1. The van der Waals surface area contributed by atoms with Crippen molar-refractivity contribution < 1.29 is 13.9 Å². The summed E-state index contributed by atoms with van der Waals surface area (Å²) in [4.78, 5) is 0. The van der Waals surface area contributed by atoms with Crippen LogP contribution < -0.4 is 14.8 Å². The standard InChI is InChI=1S/C15H14FNO2/c1-10-5-6-12(16)7-13(10)17-8-11-3-2-4-14-15(11)19-9-18-14/h2-7,17H,8-9H2,1H3. The van der Waals surface area contributed by atoms with Crippen LogP contribution >= 0.6 is 0 Å². The summed E-state index contributed by atoms with van der Waals surface area (Å²) < 4.78 is 24.0. The van der Waals surface area contributed by atoms with Gasteiger partial charge < -0.3 is 14.8 Å². The summed E-state index contributed by atoms with van der Waals surface area (Å²) >= 11 is 0. The number of rotatable bonds is 3. The Bertz CT molecular complexity index is 613. The number of ether oxygens (including phenoxy) is 2. The molecule has 98 valence electrons. The molecular formula is C15H14FNO2. The molecule has 0 aromatic heterocycles. The van der Waals surface area contributed by atoms with Crippen LogP contribution in [0.4, 0.5) is 10.1 Å². The Hall–Kier alpha value is -2.23. The number of nitrogens with one attached hydrogen (secondary N) is 1. The third-order valence-corrected chi connectivity index (χ3v) is 3.15. The lowest BCUT2D eigenvalue weighted by Gasteiger charge is -2.11. The lowest BCUT2D eigenvalue weighted by Crippen LogP contribution is -2.03. The number of aryl methyl sites for hydroxylation is 1. The van der Waals surface area contributed by atoms with Gasteiger partial charge in [-0.05, 0) is 30.7 Å². The normalized spacial score (nSPS) is 12.5. The van der Waals surface area contributed by atoms with Crippen molar-refractivity contribution in [1.29, 1.82) is 0 Å². The number of halogens is 1. The lowest BCUT2D eigenvalue weighted by molar-refractivity contribution is 0.173. The molecular weight excluding hydrogens is 245 g/mol. The van der Waals surface area contributed by atoms with Crippen LogP contribution in [0.15, 0.2) is 36.4 Å². The number of benzene rings is 2. The Morgan fingerprint density at radius 3 is 3.00 bits per heavy atom. The van der Waals surface area contributed by atoms with Gasteiger partial charge in [0.05, 0.1) is 0 Å². The minimum Gasteiger partial charge on any atom is -0.454 e. The van der Waals surface area contributed by atoms with Crippen LogP contribution in [0.2, 0.25) is 0 Å². The number of fused-ring (bicyclic) bond motifs is 1. The Labute approximate surface area is 111 Å². The molecule has 1 aliphatic rings. The van der Waals surface area contributed by atoms with E-state index in [1.807, 2.05) is 25.1 Å². The van der Waals surface area contributed by atoms with E-state index >= 15 is 0 Å². The molecule has 1 heterocycles. The topological polar surface area (TPSA) is 30.5 Å². The van der Waals surface area contributed by atoms with E-state index in [1.165, 1.54) is 12.1 Å². The summed E-state index contributed by atoms with van der Waals surface area (Å²) in [7, 11) is 0. The maximum absolute atomic E-state index is 13.2. The Morgan fingerprint density at radius 2 is 2.11 bits per heavy atom. The minimum atomic E-state index is -0.244. The van der Waals surface area contributed by atoms with E-state index < -0.39 is 0 Å². The fourth-order valence-electron chi connectivity index (χ4n) is 2.10. The molecule has 19 heavy (non-hydrogen) atoms. The fourth-order valence-corrected chi connectivity index (χ4v) is 2.10. The van der Waals surface area contributed by atoms with Gasteiger partial charge in [0.2, 0.25) is 6.79 Å². The van der Waals surface area contributed by atoms with Gasteiger partial charge in [-0.15, -0.1) is 0 Å². The van der Waals surface area contributed by atoms with E-state index in [2.05, 4.69) is 5.32 Å². The zero-order valence-electron chi connectivity index (χ0n) is 10.6. The third-order valence-electron chi connectivity index (χ3n) is 3.15. The number of para-hydroxylation sites is 1. The highest BCUT2D eigenvalue weighted by Crippen LogP contribution is 2.35. The van der Waals surface area contributed by atoms with Gasteiger partial charge in [0.15, 0.2) is 11.5 Å².